The number of anilines is 1. The summed E-state index contributed by atoms with van der Waals surface area (Å²) in [6, 6.07) is 7.29. The first kappa shape index (κ1) is 17.7. The van der Waals surface area contributed by atoms with Gasteiger partial charge >= 0.3 is 5.97 Å². The van der Waals surface area contributed by atoms with E-state index in [1.807, 2.05) is 18.2 Å². The Kier molecular flexibility index (Phi) is 6.82. The zero-order valence-corrected chi connectivity index (χ0v) is 14.6. The van der Waals surface area contributed by atoms with Gasteiger partial charge < -0.3 is 4.74 Å². The number of hydrogen-bond acceptors (Lipinski definition) is 7. The van der Waals surface area contributed by atoms with Crippen molar-refractivity contribution in [2.45, 2.75) is 6.92 Å². The van der Waals surface area contributed by atoms with Crippen molar-refractivity contribution >= 4 is 51.7 Å². The van der Waals surface area contributed by atoms with E-state index < -0.39 is 0 Å². The highest BCUT2D eigenvalue weighted by molar-refractivity contribution is 8.00. The van der Waals surface area contributed by atoms with Gasteiger partial charge in [0, 0.05) is 5.56 Å². The number of hydrogen-bond donors (Lipinski definition) is 1. The number of halogens is 1. The maximum Gasteiger partial charge on any atom is 0.315 e. The van der Waals surface area contributed by atoms with Crippen molar-refractivity contribution in [3.63, 3.8) is 0 Å². The van der Waals surface area contributed by atoms with Crippen LogP contribution in [-0.4, -0.2) is 40.2 Å². The van der Waals surface area contributed by atoms with Crippen LogP contribution in [-0.2, 0) is 14.3 Å². The van der Waals surface area contributed by atoms with E-state index >= 15 is 0 Å². The van der Waals surface area contributed by atoms with Gasteiger partial charge in [-0.3, -0.25) is 14.9 Å². The molecule has 0 spiro atoms. The lowest BCUT2D eigenvalue weighted by Crippen LogP contribution is -2.16. The number of carbonyl (C=O) groups is 2. The van der Waals surface area contributed by atoms with Gasteiger partial charge in [0.05, 0.1) is 23.1 Å². The third kappa shape index (κ3) is 5.49. The fraction of sp³-hybridized carbons (Fsp3) is 0.286. The van der Waals surface area contributed by atoms with Crippen LogP contribution in [0.1, 0.15) is 6.92 Å². The van der Waals surface area contributed by atoms with Crippen molar-refractivity contribution in [1.82, 2.24) is 10.2 Å². The predicted molar refractivity (Wildman–Crippen MR) is 92.9 cm³/mol. The van der Waals surface area contributed by atoms with Crippen LogP contribution >= 0.6 is 34.7 Å². The van der Waals surface area contributed by atoms with Crippen LogP contribution in [0.2, 0.25) is 5.02 Å². The lowest BCUT2D eigenvalue weighted by molar-refractivity contribution is -0.139. The third-order valence-corrected chi connectivity index (χ3v) is 4.64. The normalized spacial score (nSPS) is 10.3. The van der Waals surface area contributed by atoms with E-state index in [9.17, 15) is 9.59 Å². The third-order valence-electron chi connectivity index (χ3n) is 2.53. The Morgan fingerprint density at radius 2 is 2.09 bits per heavy atom. The van der Waals surface area contributed by atoms with Gasteiger partial charge in [-0.2, -0.15) is 0 Å². The molecule has 0 atom stereocenters. The SMILES string of the molecule is CCOC(=O)CSCC(=O)Nc1nnc(-c2ccccc2Cl)s1. The lowest BCUT2D eigenvalue weighted by atomic mass is 10.2. The number of nitrogens with one attached hydrogen (secondary N) is 1. The lowest BCUT2D eigenvalue weighted by Gasteiger charge is -2.02. The van der Waals surface area contributed by atoms with Gasteiger partial charge in [-0.05, 0) is 13.0 Å². The van der Waals surface area contributed by atoms with Crippen LogP contribution in [0.15, 0.2) is 24.3 Å². The van der Waals surface area contributed by atoms with Crippen molar-refractivity contribution in [2.24, 2.45) is 0 Å². The van der Waals surface area contributed by atoms with E-state index in [4.69, 9.17) is 16.3 Å². The molecule has 0 saturated carbocycles. The maximum atomic E-state index is 11.8. The molecule has 2 aromatic rings. The van der Waals surface area contributed by atoms with Crippen molar-refractivity contribution in [3.8, 4) is 10.6 Å². The standard InChI is InChI=1S/C14H14ClN3O3S2/c1-2-21-12(20)8-22-7-11(19)16-14-18-17-13(23-14)9-5-3-4-6-10(9)15/h3-6H,2,7-8H2,1H3,(H,16,18,19). The minimum absolute atomic E-state index is 0.139. The molecule has 0 saturated heterocycles. The molecule has 0 unspecified atom stereocenters. The predicted octanol–water partition coefficient (Wildman–Crippen LogP) is 3.09. The van der Waals surface area contributed by atoms with Crippen LogP contribution in [0.25, 0.3) is 10.6 Å². The average molecular weight is 372 g/mol. The summed E-state index contributed by atoms with van der Waals surface area (Å²) in [5.41, 5.74) is 0.767. The molecule has 1 aromatic carbocycles. The number of esters is 1. The van der Waals surface area contributed by atoms with E-state index in [2.05, 4.69) is 15.5 Å². The topological polar surface area (TPSA) is 81.2 Å². The summed E-state index contributed by atoms with van der Waals surface area (Å²) in [5.74, 6) is -0.300. The second-order valence-corrected chi connectivity index (χ2v) is 6.61. The van der Waals surface area contributed by atoms with Crippen LogP contribution < -0.4 is 5.32 Å². The molecule has 2 rings (SSSR count). The van der Waals surface area contributed by atoms with Gasteiger partial charge in [0.15, 0.2) is 5.01 Å². The number of nitrogens with zero attached hydrogens (tertiary/aromatic N) is 2. The van der Waals surface area contributed by atoms with Gasteiger partial charge in [-0.1, -0.05) is 41.1 Å². The molecule has 0 aliphatic rings. The van der Waals surface area contributed by atoms with Crippen LogP contribution in [0.5, 0.6) is 0 Å². The Hall–Kier alpha value is -1.64. The highest BCUT2D eigenvalue weighted by Gasteiger charge is 2.12. The molecule has 0 aliphatic carbocycles. The molecule has 23 heavy (non-hydrogen) atoms. The first-order chi connectivity index (χ1) is 11.1. The van der Waals surface area contributed by atoms with Crippen molar-refractivity contribution in [3.05, 3.63) is 29.3 Å². The quantitative estimate of drug-likeness (QED) is 0.753. The zero-order valence-electron chi connectivity index (χ0n) is 12.2. The summed E-state index contributed by atoms with van der Waals surface area (Å²) < 4.78 is 4.78. The van der Waals surface area contributed by atoms with Gasteiger partial charge in [0.2, 0.25) is 11.0 Å². The fourth-order valence-corrected chi connectivity index (χ4v) is 3.29. The van der Waals surface area contributed by atoms with Gasteiger partial charge in [0.1, 0.15) is 0 Å². The van der Waals surface area contributed by atoms with E-state index in [0.717, 1.165) is 5.56 Å². The Labute approximate surface area is 146 Å². The summed E-state index contributed by atoms with van der Waals surface area (Å²) in [5, 5.41) is 12.2. The Balaban J connectivity index is 1.86. The van der Waals surface area contributed by atoms with E-state index in [-0.39, 0.29) is 23.4 Å². The highest BCUT2D eigenvalue weighted by atomic mass is 35.5. The maximum absolute atomic E-state index is 11.8. The minimum Gasteiger partial charge on any atom is -0.465 e. The molecule has 122 valence electrons. The largest absolute Gasteiger partial charge is 0.465 e. The van der Waals surface area contributed by atoms with E-state index in [1.54, 1.807) is 13.0 Å². The summed E-state index contributed by atoms with van der Waals surface area (Å²) >= 11 is 8.52. The number of aromatic nitrogens is 2. The molecule has 1 heterocycles. The summed E-state index contributed by atoms with van der Waals surface area (Å²) in [6.45, 7) is 2.07. The molecule has 0 fully saturated rings. The average Bonchev–Trinajstić information content (AvgIpc) is 2.96. The number of thioether (sulfide) groups is 1. The number of benzene rings is 1. The highest BCUT2D eigenvalue weighted by Crippen LogP contribution is 2.31. The molecule has 1 aromatic heterocycles. The molecular weight excluding hydrogens is 358 g/mol. The fourth-order valence-electron chi connectivity index (χ4n) is 1.60. The molecule has 1 amide bonds. The Morgan fingerprint density at radius 3 is 2.83 bits per heavy atom. The number of ether oxygens (including phenoxy) is 1. The Morgan fingerprint density at radius 1 is 1.30 bits per heavy atom. The summed E-state index contributed by atoms with van der Waals surface area (Å²) in [4.78, 5) is 23.0. The van der Waals surface area contributed by atoms with Gasteiger partial charge in [0.25, 0.3) is 0 Å². The number of carbonyl (C=O) groups excluding carboxylic acids is 2. The zero-order chi connectivity index (χ0) is 16.7. The Bertz CT molecular complexity index is 693. The minimum atomic E-state index is -0.331. The second-order valence-electron chi connectivity index (χ2n) is 4.24. The second kappa shape index (κ2) is 8.85. The van der Waals surface area contributed by atoms with Crippen molar-refractivity contribution < 1.29 is 14.3 Å². The molecule has 6 nitrogen and oxygen atoms in total. The molecule has 1 N–H and O–H groups in total. The van der Waals surface area contributed by atoms with Crippen LogP contribution in [0.4, 0.5) is 5.13 Å². The first-order valence-electron chi connectivity index (χ1n) is 6.71. The molecular formula is C14H14ClN3O3S2. The summed E-state index contributed by atoms with van der Waals surface area (Å²) in [6.07, 6.45) is 0. The molecule has 9 heteroatoms. The summed E-state index contributed by atoms with van der Waals surface area (Å²) in [7, 11) is 0. The van der Waals surface area contributed by atoms with Crippen LogP contribution in [0.3, 0.4) is 0 Å². The van der Waals surface area contributed by atoms with Gasteiger partial charge in [-0.15, -0.1) is 22.0 Å². The van der Waals surface area contributed by atoms with Crippen molar-refractivity contribution in [2.75, 3.05) is 23.4 Å². The molecule has 0 aliphatic heterocycles. The van der Waals surface area contributed by atoms with E-state index in [0.29, 0.717) is 21.8 Å². The number of rotatable bonds is 7. The number of amides is 1. The monoisotopic (exact) mass is 371 g/mol. The van der Waals surface area contributed by atoms with E-state index in [1.165, 1.54) is 23.1 Å². The van der Waals surface area contributed by atoms with Gasteiger partial charge in [-0.25, -0.2) is 0 Å². The van der Waals surface area contributed by atoms with Crippen molar-refractivity contribution in [1.29, 1.82) is 0 Å². The molecule has 0 bridgehead atoms. The smallest absolute Gasteiger partial charge is 0.315 e. The first-order valence-corrected chi connectivity index (χ1v) is 9.06. The molecule has 0 radical (unpaired) electrons. The van der Waals surface area contributed by atoms with Crippen LogP contribution in [0, 0.1) is 0 Å².